The van der Waals surface area contributed by atoms with Crippen LogP contribution in [0, 0.1) is 0 Å². The van der Waals surface area contributed by atoms with Crippen LogP contribution < -0.4 is 0 Å². The molecule has 0 N–H and O–H groups in total. The van der Waals surface area contributed by atoms with E-state index in [0.29, 0.717) is 33.0 Å². The van der Waals surface area contributed by atoms with Crippen LogP contribution in [0.3, 0.4) is 0 Å². The molecule has 0 amide bonds. The maximum Gasteiger partial charge on any atom is 0.189 e. The van der Waals surface area contributed by atoms with Crippen molar-refractivity contribution in [3.63, 3.8) is 0 Å². The van der Waals surface area contributed by atoms with Crippen LogP contribution in [0.2, 0.25) is 0 Å². The third-order valence-corrected chi connectivity index (χ3v) is 8.26. The van der Waals surface area contributed by atoms with Gasteiger partial charge in [0.1, 0.15) is 24.4 Å². The molecule has 46 heavy (non-hydrogen) atoms. The maximum atomic E-state index is 6.78. The van der Waals surface area contributed by atoms with Crippen molar-refractivity contribution >= 4 is 0 Å². The molecule has 0 aromatic heterocycles. The van der Waals surface area contributed by atoms with Gasteiger partial charge in [0, 0.05) is 6.61 Å². The predicted molar refractivity (Wildman–Crippen MR) is 174 cm³/mol. The van der Waals surface area contributed by atoms with Gasteiger partial charge in [0.25, 0.3) is 0 Å². The number of rotatable bonds is 15. The number of hydrogen-bond acceptors (Lipinski definition) is 7. The second-order valence-electron chi connectivity index (χ2n) is 11.8. The summed E-state index contributed by atoms with van der Waals surface area (Å²) < 4.78 is 45.7. The van der Waals surface area contributed by atoms with Crippen LogP contribution in [0.1, 0.15) is 41.5 Å². The average molecular weight is 625 g/mol. The first kappa shape index (κ1) is 32.5. The van der Waals surface area contributed by atoms with E-state index in [-0.39, 0.29) is 12.9 Å². The molecule has 0 bridgehead atoms. The van der Waals surface area contributed by atoms with Crippen molar-refractivity contribution in [2.24, 2.45) is 0 Å². The molecule has 2 aliphatic rings. The molecule has 1 unspecified atom stereocenters. The van der Waals surface area contributed by atoms with Gasteiger partial charge in [0.05, 0.1) is 33.0 Å². The van der Waals surface area contributed by atoms with Gasteiger partial charge in [-0.15, -0.1) is 0 Å². The molecule has 7 heteroatoms. The summed E-state index contributed by atoms with van der Waals surface area (Å²) in [5.41, 5.74) is 4.25. The highest BCUT2D eigenvalue weighted by atomic mass is 16.8. The fourth-order valence-corrected chi connectivity index (χ4v) is 5.82. The highest BCUT2D eigenvalue weighted by Gasteiger charge is 2.50. The molecule has 6 atom stereocenters. The Balaban J connectivity index is 1.29. The number of ether oxygens (including phenoxy) is 7. The molecule has 0 saturated carbocycles. The van der Waals surface area contributed by atoms with Gasteiger partial charge in [-0.1, -0.05) is 121 Å². The van der Waals surface area contributed by atoms with Crippen LogP contribution in [0.25, 0.3) is 0 Å². The van der Waals surface area contributed by atoms with E-state index in [2.05, 4.69) is 36.4 Å². The van der Waals surface area contributed by atoms with E-state index in [9.17, 15) is 0 Å². The summed E-state index contributed by atoms with van der Waals surface area (Å²) in [6.07, 6.45) is -0.407. The first-order valence-electron chi connectivity index (χ1n) is 16.3. The minimum atomic E-state index is -0.755. The first-order chi connectivity index (χ1) is 22.8. The molecule has 4 aromatic rings. The lowest BCUT2D eigenvalue weighted by Crippen LogP contribution is -2.62. The van der Waals surface area contributed by atoms with E-state index in [1.54, 1.807) is 0 Å². The molecule has 6 rings (SSSR count). The van der Waals surface area contributed by atoms with Gasteiger partial charge in [0.15, 0.2) is 12.6 Å². The lowest BCUT2D eigenvalue weighted by Gasteiger charge is -2.46. The Morgan fingerprint density at radius 3 is 1.50 bits per heavy atom. The maximum absolute atomic E-state index is 6.78. The van der Waals surface area contributed by atoms with Crippen molar-refractivity contribution in [2.45, 2.75) is 82.7 Å². The normalized spacial score (nSPS) is 24.9. The largest absolute Gasteiger partial charge is 0.374 e. The monoisotopic (exact) mass is 624 g/mol. The second-order valence-corrected chi connectivity index (χ2v) is 11.8. The Kier molecular flexibility index (Phi) is 12.4. The van der Waals surface area contributed by atoms with Gasteiger partial charge < -0.3 is 33.2 Å². The van der Waals surface area contributed by atoms with Crippen molar-refractivity contribution in [1.29, 1.82) is 0 Å². The fourth-order valence-electron chi connectivity index (χ4n) is 5.82. The number of benzene rings is 4. The molecule has 0 aliphatic carbocycles. The third-order valence-electron chi connectivity index (χ3n) is 8.26. The zero-order chi connectivity index (χ0) is 31.2. The fraction of sp³-hybridized carbons (Fsp3) is 0.385. The molecule has 2 aliphatic heterocycles. The van der Waals surface area contributed by atoms with Gasteiger partial charge in [-0.3, -0.25) is 0 Å². The van der Waals surface area contributed by atoms with E-state index in [4.69, 9.17) is 33.2 Å². The van der Waals surface area contributed by atoms with E-state index in [1.165, 1.54) is 0 Å². The topological polar surface area (TPSA) is 64.6 Å². The van der Waals surface area contributed by atoms with Crippen LogP contribution >= 0.6 is 0 Å². The zero-order valence-electron chi connectivity index (χ0n) is 26.2. The lowest BCUT2D eigenvalue weighted by atomic mass is 9.97. The highest BCUT2D eigenvalue weighted by Crippen LogP contribution is 2.33. The zero-order valence-corrected chi connectivity index (χ0v) is 26.2. The molecular weight excluding hydrogens is 580 g/mol. The van der Waals surface area contributed by atoms with E-state index >= 15 is 0 Å². The quantitative estimate of drug-likeness (QED) is 0.138. The molecule has 242 valence electrons. The molecule has 0 spiro atoms. The standard InChI is InChI=1S/C39H44O7/c1-5-15-30(16-6-1)25-40-29-34-36(42-26-31-17-7-2-8-18-31)37(43-27-32-19-9-3-10-20-32)38(44-28-33-21-11-4-12-22-33)39(45-34)46-35-23-13-14-24-41-35/h1-12,15-22,34-39H,13-14,23-29H2/t34-,35?,36-,37+,38-,39-/m1/s1. The third kappa shape index (κ3) is 9.56. The van der Waals surface area contributed by atoms with Gasteiger partial charge in [-0.25, -0.2) is 0 Å². The summed E-state index contributed by atoms with van der Waals surface area (Å²) in [4.78, 5) is 0. The highest BCUT2D eigenvalue weighted by molar-refractivity contribution is 5.16. The molecule has 2 saturated heterocycles. The van der Waals surface area contributed by atoms with Crippen molar-refractivity contribution < 1.29 is 33.2 Å². The Labute approximate surface area is 272 Å². The summed E-state index contributed by atoms with van der Waals surface area (Å²) >= 11 is 0. The van der Waals surface area contributed by atoms with Crippen molar-refractivity contribution in [2.75, 3.05) is 13.2 Å². The summed E-state index contributed by atoms with van der Waals surface area (Å²) in [6, 6.07) is 40.5. The Hall–Kier alpha value is -3.40. The molecule has 4 aromatic carbocycles. The summed E-state index contributed by atoms with van der Waals surface area (Å²) in [7, 11) is 0. The Morgan fingerprint density at radius 2 is 1.00 bits per heavy atom. The summed E-state index contributed by atoms with van der Waals surface area (Å²) in [5.74, 6) is 0. The van der Waals surface area contributed by atoms with Crippen molar-refractivity contribution in [3.05, 3.63) is 144 Å². The SMILES string of the molecule is c1ccc(COC[C@H]2O[C@H](OC3CCCCO3)[C@H](OCc3ccccc3)[C@@H](OCc3ccccc3)[C@@H]2OCc2ccccc2)cc1. The van der Waals surface area contributed by atoms with Crippen molar-refractivity contribution in [1.82, 2.24) is 0 Å². The molecule has 7 nitrogen and oxygen atoms in total. The first-order valence-corrected chi connectivity index (χ1v) is 16.3. The Bertz CT molecular complexity index is 1380. The predicted octanol–water partition coefficient (Wildman–Crippen LogP) is 7.23. The van der Waals surface area contributed by atoms with Crippen LogP contribution in [0.4, 0.5) is 0 Å². The van der Waals surface area contributed by atoms with Crippen LogP contribution in [-0.2, 0) is 59.6 Å². The van der Waals surface area contributed by atoms with E-state index in [0.717, 1.165) is 41.5 Å². The minimum absolute atomic E-state index is 0.288. The molecule has 0 radical (unpaired) electrons. The van der Waals surface area contributed by atoms with Gasteiger partial charge in [-0.2, -0.15) is 0 Å². The second kappa shape index (κ2) is 17.5. The number of hydrogen-bond donors (Lipinski definition) is 0. The smallest absolute Gasteiger partial charge is 0.189 e. The van der Waals surface area contributed by atoms with E-state index < -0.39 is 30.7 Å². The molecule has 2 heterocycles. The van der Waals surface area contributed by atoms with Crippen molar-refractivity contribution in [3.8, 4) is 0 Å². The Morgan fingerprint density at radius 1 is 0.522 bits per heavy atom. The van der Waals surface area contributed by atoms with Crippen LogP contribution in [0.5, 0.6) is 0 Å². The molecule has 2 fully saturated rings. The minimum Gasteiger partial charge on any atom is -0.374 e. The lowest BCUT2D eigenvalue weighted by molar-refractivity contribution is -0.358. The summed E-state index contributed by atoms with van der Waals surface area (Å²) in [5, 5.41) is 0. The van der Waals surface area contributed by atoms with Crippen LogP contribution in [-0.4, -0.2) is 50.2 Å². The average Bonchev–Trinajstić information content (AvgIpc) is 3.12. The molecular formula is C39H44O7. The van der Waals surface area contributed by atoms with Gasteiger partial charge >= 0.3 is 0 Å². The summed E-state index contributed by atoms with van der Waals surface area (Å²) in [6.45, 7) is 2.53. The van der Waals surface area contributed by atoms with Gasteiger partial charge in [-0.05, 0) is 41.5 Å². The van der Waals surface area contributed by atoms with E-state index in [1.807, 2.05) is 84.9 Å². The van der Waals surface area contributed by atoms with Gasteiger partial charge in [0.2, 0.25) is 0 Å². The van der Waals surface area contributed by atoms with Crippen LogP contribution in [0.15, 0.2) is 121 Å².